The quantitative estimate of drug-likeness (QED) is 0.156. The summed E-state index contributed by atoms with van der Waals surface area (Å²) in [5.74, 6) is -0.850. The molecule has 3 aromatic carbocycles. The van der Waals surface area contributed by atoms with Crippen molar-refractivity contribution >= 4 is 23.4 Å². The molecular weight excluding hydrogens is 717 g/mol. The van der Waals surface area contributed by atoms with E-state index in [9.17, 15) is 19.2 Å². The molecule has 1 aromatic heterocycles. The van der Waals surface area contributed by atoms with Crippen LogP contribution in [0.25, 0.3) is 11.1 Å². The number of aromatic amines is 1. The molecule has 3 aliphatic rings. The predicted molar refractivity (Wildman–Crippen MR) is 223 cm³/mol. The van der Waals surface area contributed by atoms with Crippen molar-refractivity contribution in [2.24, 2.45) is 0 Å². The summed E-state index contributed by atoms with van der Waals surface area (Å²) in [6.07, 6.45) is 2.82. The summed E-state index contributed by atoms with van der Waals surface area (Å²) in [7, 11) is 0. The van der Waals surface area contributed by atoms with E-state index < -0.39 is 0 Å². The SMILES string of the molecule is CCN(c1cc(-c2ccc(CN3CCN(Cc4cccc(C5CCC(=O)NC5=O)c4)CC3)cc2)cc(C(=O)NCc2c(C)cc(C)[nH]c2=O)c1C)C1CCOCC1. The molecule has 4 heterocycles. The molecule has 0 aliphatic carbocycles. The van der Waals surface area contributed by atoms with Crippen LogP contribution in [0.15, 0.2) is 71.5 Å². The largest absolute Gasteiger partial charge is 0.381 e. The van der Waals surface area contributed by atoms with E-state index in [1.54, 1.807) is 0 Å². The Morgan fingerprint density at radius 3 is 2.21 bits per heavy atom. The molecule has 3 saturated heterocycles. The number of aromatic nitrogens is 1. The van der Waals surface area contributed by atoms with Crippen LogP contribution in [0.2, 0.25) is 0 Å². The van der Waals surface area contributed by atoms with Gasteiger partial charge in [0.05, 0.1) is 5.92 Å². The van der Waals surface area contributed by atoms with Crippen molar-refractivity contribution in [1.82, 2.24) is 25.4 Å². The molecule has 0 saturated carbocycles. The molecule has 11 nitrogen and oxygen atoms in total. The molecule has 3 amide bonds. The number of imide groups is 1. The van der Waals surface area contributed by atoms with Gasteiger partial charge in [-0.25, -0.2) is 0 Å². The molecule has 57 heavy (non-hydrogen) atoms. The Morgan fingerprint density at radius 1 is 0.842 bits per heavy atom. The number of hydrogen-bond donors (Lipinski definition) is 3. The maximum absolute atomic E-state index is 14.0. The first kappa shape index (κ1) is 40.1. The minimum Gasteiger partial charge on any atom is -0.381 e. The summed E-state index contributed by atoms with van der Waals surface area (Å²) in [6.45, 7) is 15.9. The number of piperidine rings is 1. The van der Waals surface area contributed by atoms with Gasteiger partial charge in [-0.15, -0.1) is 0 Å². The van der Waals surface area contributed by atoms with Crippen molar-refractivity contribution < 1.29 is 19.1 Å². The highest BCUT2D eigenvalue weighted by atomic mass is 16.5. The Kier molecular flexibility index (Phi) is 12.7. The monoisotopic (exact) mass is 772 g/mol. The molecule has 0 bridgehead atoms. The van der Waals surface area contributed by atoms with E-state index in [0.717, 1.165) is 111 Å². The Balaban J connectivity index is 1.03. The van der Waals surface area contributed by atoms with Crippen molar-refractivity contribution in [3.8, 4) is 11.1 Å². The third-order valence-electron chi connectivity index (χ3n) is 12.0. The number of carbonyl (C=O) groups excluding carboxylic acids is 3. The standard InChI is InChI=1S/C46H56N6O5/c1-5-52(38-15-21-57-22-16-38)42-26-37(25-40(32(42)4)44(54)47-27-41-30(2)23-31(3)48-46(41)56)35-11-9-33(10-12-35)28-50-17-19-51(20-18-50)29-34-7-6-8-36(24-34)39-13-14-43(53)49-45(39)55/h6-12,23-26,38-39H,5,13-22,27-29H2,1-4H3,(H,47,54)(H,48,56)(H,49,53,55). The summed E-state index contributed by atoms with van der Waals surface area (Å²) in [5.41, 5.74) is 10.1. The topological polar surface area (TPSA) is 127 Å². The number of ether oxygens (including phenoxy) is 1. The van der Waals surface area contributed by atoms with Gasteiger partial charge in [0.2, 0.25) is 11.8 Å². The van der Waals surface area contributed by atoms with Crippen molar-refractivity contribution in [2.75, 3.05) is 50.8 Å². The van der Waals surface area contributed by atoms with E-state index in [0.29, 0.717) is 30.0 Å². The number of H-pyrrole nitrogens is 1. The van der Waals surface area contributed by atoms with Gasteiger partial charge in [-0.05, 0) is 104 Å². The van der Waals surface area contributed by atoms with E-state index in [1.165, 1.54) is 11.1 Å². The second-order valence-corrected chi connectivity index (χ2v) is 15.9. The first-order chi connectivity index (χ1) is 27.6. The van der Waals surface area contributed by atoms with Gasteiger partial charge in [0.25, 0.3) is 11.5 Å². The molecule has 3 aliphatic heterocycles. The average Bonchev–Trinajstić information content (AvgIpc) is 3.20. The Labute approximate surface area is 335 Å². The maximum atomic E-state index is 14.0. The lowest BCUT2D eigenvalue weighted by molar-refractivity contribution is -0.134. The van der Waals surface area contributed by atoms with Gasteiger partial charge in [0.1, 0.15) is 0 Å². The van der Waals surface area contributed by atoms with Crippen LogP contribution in [0.3, 0.4) is 0 Å². The molecular formula is C46H56N6O5. The third-order valence-corrected chi connectivity index (χ3v) is 12.0. The van der Waals surface area contributed by atoms with Gasteiger partial charge in [-0.3, -0.25) is 34.3 Å². The summed E-state index contributed by atoms with van der Waals surface area (Å²) in [6, 6.07) is 23.5. The highest BCUT2D eigenvalue weighted by Crippen LogP contribution is 2.34. The van der Waals surface area contributed by atoms with Crippen LogP contribution in [0.1, 0.15) is 88.0 Å². The molecule has 300 valence electrons. The molecule has 4 aromatic rings. The van der Waals surface area contributed by atoms with Crippen LogP contribution in [-0.2, 0) is 34.0 Å². The molecule has 1 unspecified atom stereocenters. The number of hydrogen-bond acceptors (Lipinski definition) is 8. The van der Waals surface area contributed by atoms with Crippen LogP contribution < -0.4 is 21.1 Å². The number of nitrogens with one attached hydrogen (secondary N) is 3. The highest BCUT2D eigenvalue weighted by molar-refractivity contribution is 6.01. The van der Waals surface area contributed by atoms with Gasteiger partial charge in [0.15, 0.2) is 0 Å². The zero-order valence-corrected chi connectivity index (χ0v) is 33.8. The molecule has 1 atom stereocenters. The van der Waals surface area contributed by atoms with E-state index in [-0.39, 0.29) is 35.7 Å². The Morgan fingerprint density at radius 2 is 1.54 bits per heavy atom. The Hall–Kier alpha value is -5.10. The summed E-state index contributed by atoms with van der Waals surface area (Å²) in [4.78, 5) is 61.0. The molecule has 11 heteroatoms. The van der Waals surface area contributed by atoms with E-state index in [4.69, 9.17) is 4.74 Å². The van der Waals surface area contributed by atoms with Gasteiger partial charge in [-0.1, -0.05) is 48.5 Å². The van der Waals surface area contributed by atoms with Crippen LogP contribution in [0.5, 0.6) is 0 Å². The number of rotatable bonds is 12. The van der Waals surface area contributed by atoms with Crippen LogP contribution >= 0.6 is 0 Å². The average molecular weight is 773 g/mol. The van der Waals surface area contributed by atoms with Crippen LogP contribution in [0, 0.1) is 20.8 Å². The van der Waals surface area contributed by atoms with E-state index in [1.807, 2.05) is 45.0 Å². The summed E-state index contributed by atoms with van der Waals surface area (Å²) in [5, 5.41) is 5.54. The number of amides is 3. The lowest BCUT2D eigenvalue weighted by Crippen LogP contribution is -2.45. The predicted octanol–water partition coefficient (Wildman–Crippen LogP) is 5.74. The molecule has 7 rings (SSSR count). The summed E-state index contributed by atoms with van der Waals surface area (Å²) >= 11 is 0. The minimum absolute atomic E-state index is 0.150. The zero-order valence-electron chi connectivity index (χ0n) is 33.8. The van der Waals surface area contributed by atoms with Crippen LogP contribution in [0.4, 0.5) is 5.69 Å². The molecule has 3 fully saturated rings. The number of pyridine rings is 1. The lowest BCUT2D eigenvalue weighted by atomic mass is 9.89. The van der Waals surface area contributed by atoms with Crippen LogP contribution in [-0.4, -0.2) is 84.5 Å². The number of carbonyl (C=O) groups is 3. The highest BCUT2D eigenvalue weighted by Gasteiger charge is 2.29. The second kappa shape index (κ2) is 18.0. The molecule has 0 radical (unpaired) electrons. The maximum Gasteiger partial charge on any atom is 0.253 e. The van der Waals surface area contributed by atoms with Crippen molar-refractivity contribution in [3.05, 3.63) is 122 Å². The second-order valence-electron chi connectivity index (χ2n) is 15.9. The minimum atomic E-state index is -0.268. The van der Waals surface area contributed by atoms with Crippen molar-refractivity contribution in [1.29, 1.82) is 0 Å². The number of nitrogens with zero attached hydrogens (tertiary/aromatic N) is 3. The third kappa shape index (κ3) is 9.55. The Bertz CT molecular complexity index is 2150. The number of benzene rings is 3. The lowest BCUT2D eigenvalue weighted by Gasteiger charge is -2.37. The van der Waals surface area contributed by atoms with Gasteiger partial charge < -0.3 is 19.9 Å². The summed E-state index contributed by atoms with van der Waals surface area (Å²) < 4.78 is 5.70. The van der Waals surface area contributed by atoms with Crippen molar-refractivity contribution in [2.45, 2.75) is 85.0 Å². The van der Waals surface area contributed by atoms with Crippen molar-refractivity contribution in [3.63, 3.8) is 0 Å². The van der Waals surface area contributed by atoms with E-state index >= 15 is 0 Å². The first-order valence-electron chi connectivity index (χ1n) is 20.5. The molecule has 3 N–H and O–H groups in total. The van der Waals surface area contributed by atoms with Gasteiger partial charge in [-0.2, -0.15) is 0 Å². The smallest absolute Gasteiger partial charge is 0.253 e. The fraction of sp³-hybridized carbons (Fsp3) is 0.435. The first-order valence-corrected chi connectivity index (χ1v) is 20.5. The normalized spacial score (nSPS) is 18.4. The van der Waals surface area contributed by atoms with Gasteiger partial charge >= 0.3 is 0 Å². The number of aryl methyl sites for hydroxylation is 2. The fourth-order valence-electron chi connectivity index (χ4n) is 8.73. The number of piperazine rings is 1. The number of anilines is 1. The van der Waals surface area contributed by atoms with E-state index in [2.05, 4.69) is 79.7 Å². The fourth-order valence-corrected chi connectivity index (χ4v) is 8.73. The van der Waals surface area contributed by atoms with Gasteiger partial charge in [0, 0.05) is 101 Å². The zero-order chi connectivity index (χ0) is 40.1. The molecule has 0 spiro atoms.